The molecular weight excluding hydrogens is 260 g/mol. The third kappa shape index (κ3) is 4.57. The molecular formula is C18H28N2O. The summed E-state index contributed by atoms with van der Waals surface area (Å²) in [4.78, 5) is 14.6. The van der Waals surface area contributed by atoms with Crippen molar-refractivity contribution in [1.29, 1.82) is 0 Å². The zero-order valence-corrected chi connectivity index (χ0v) is 13.3. The van der Waals surface area contributed by atoms with Crippen molar-refractivity contribution >= 4 is 5.91 Å². The van der Waals surface area contributed by atoms with Crippen LogP contribution in [0.1, 0.15) is 44.2 Å². The zero-order valence-electron chi connectivity index (χ0n) is 13.3. The molecule has 116 valence electrons. The fourth-order valence-electron chi connectivity index (χ4n) is 3.22. The Kier molecular flexibility index (Phi) is 5.80. The van der Waals surface area contributed by atoms with Gasteiger partial charge in [-0.15, -0.1) is 0 Å². The highest BCUT2D eigenvalue weighted by atomic mass is 16.2. The SMILES string of the molecule is CC(C)CC(CN)CC(=O)N1CCCc2ccccc2C1. The Morgan fingerprint density at radius 1 is 1.29 bits per heavy atom. The van der Waals surface area contributed by atoms with E-state index in [4.69, 9.17) is 5.73 Å². The van der Waals surface area contributed by atoms with Crippen LogP contribution in [0.5, 0.6) is 0 Å². The quantitative estimate of drug-likeness (QED) is 0.905. The number of nitrogens with two attached hydrogens (primary N) is 1. The maximum Gasteiger partial charge on any atom is 0.223 e. The second-order valence-corrected chi connectivity index (χ2v) is 6.62. The smallest absolute Gasteiger partial charge is 0.223 e. The van der Waals surface area contributed by atoms with Gasteiger partial charge in [0.15, 0.2) is 0 Å². The average molecular weight is 288 g/mol. The summed E-state index contributed by atoms with van der Waals surface area (Å²) in [6, 6.07) is 8.48. The molecule has 1 aliphatic heterocycles. The average Bonchev–Trinajstić information content (AvgIpc) is 2.68. The molecule has 1 aromatic rings. The first-order valence-corrected chi connectivity index (χ1v) is 8.14. The molecule has 1 unspecified atom stereocenters. The van der Waals surface area contributed by atoms with Crippen molar-refractivity contribution in [3.63, 3.8) is 0 Å². The second-order valence-electron chi connectivity index (χ2n) is 6.62. The van der Waals surface area contributed by atoms with Gasteiger partial charge in [-0.1, -0.05) is 38.1 Å². The number of nitrogens with zero attached hydrogens (tertiary/aromatic N) is 1. The van der Waals surface area contributed by atoms with Crippen molar-refractivity contribution in [2.75, 3.05) is 13.1 Å². The molecule has 0 fully saturated rings. The molecule has 3 nitrogen and oxygen atoms in total. The normalized spacial score (nSPS) is 16.5. The maximum atomic E-state index is 12.6. The minimum atomic E-state index is 0.266. The van der Waals surface area contributed by atoms with E-state index >= 15 is 0 Å². The molecule has 0 spiro atoms. The van der Waals surface area contributed by atoms with Gasteiger partial charge < -0.3 is 10.6 Å². The van der Waals surface area contributed by atoms with Gasteiger partial charge in [0.1, 0.15) is 0 Å². The lowest BCUT2D eigenvalue weighted by atomic mass is 9.93. The summed E-state index contributed by atoms with van der Waals surface area (Å²) >= 11 is 0. The summed E-state index contributed by atoms with van der Waals surface area (Å²) in [6.07, 6.45) is 3.76. The molecule has 21 heavy (non-hydrogen) atoms. The molecule has 1 aromatic carbocycles. The van der Waals surface area contributed by atoms with Crippen LogP contribution in [0, 0.1) is 11.8 Å². The van der Waals surface area contributed by atoms with E-state index < -0.39 is 0 Å². The van der Waals surface area contributed by atoms with E-state index in [2.05, 4.69) is 38.1 Å². The van der Waals surface area contributed by atoms with Crippen molar-refractivity contribution in [3.8, 4) is 0 Å². The molecule has 2 rings (SSSR count). The number of carbonyl (C=O) groups excluding carboxylic acids is 1. The molecule has 3 heteroatoms. The largest absolute Gasteiger partial charge is 0.338 e. The standard InChI is InChI=1S/C18H28N2O/c1-14(2)10-15(12-19)11-18(21)20-9-5-8-16-6-3-4-7-17(16)13-20/h3-4,6-7,14-15H,5,8-13,19H2,1-2H3. The third-order valence-corrected chi connectivity index (χ3v) is 4.31. The fraction of sp³-hybridized carbons (Fsp3) is 0.611. The van der Waals surface area contributed by atoms with Gasteiger partial charge in [-0.25, -0.2) is 0 Å². The second kappa shape index (κ2) is 7.60. The number of benzene rings is 1. The maximum absolute atomic E-state index is 12.6. The number of fused-ring (bicyclic) bond motifs is 1. The van der Waals surface area contributed by atoms with Crippen LogP contribution in [-0.4, -0.2) is 23.9 Å². The van der Waals surface area contributed by atoms with Crippen LogP contribution in [0.2, 0.25) is 0 Å². The molecule has 0 aromatic heterocycles. The Balaban J connectivity index is 1.99. The first-order valence-electron chi connectivity index (χ1n) is 8.14. The van der Waals surface area contributed by atoms with Gasteiger partial charge in [0.25, 0.3) is 0 Å². The number of carbonyl (C=O) groups is 1. The van der Waals surface area contributed by atoms with E-state index in [1.54, 1.807) is 0 Å². The van der Waals surface area contributed by atoms with Crippen LogP contribution in [0.4, 0.5) is 0 Å². The van der Waals surface area contributed by atoms with Crippen molar-refractivity contribution in [1.82, 2.24) is 4.90 Å². The molecule has 1 atom stereocenters. The monoisotopic (exact) mass is 288 g/mol. The number of hydrogen-bond donors (Lipinski definition) is 1. The summed E-state index contributed by atoms with van der Waals surface area (Å²) in [5.74, 6) is 1.18. The van der Waals surface area contributed by atoms with Crippen LogP contribution < -0.4 is 5.73 Å². The summed E-state index contributed by atoms with van der Waals surface area (Å²) in [5.41, 5.74) is 8.53. The molecule has 1 amide bonds. The number of rotatable bonds is 5. The highest BCUT2D eigenvalue weighted by molar-refractivity contribution is 5.76. The summed E-state index contributed by atoms with van der Waals surface area (Å²) in [7, 11) is 0. The predicted octanol–water partition coefficient (Wildman–Crippen LogP) is 2.97. The molecule has 0 aliphatic carbocycles. The minimum Gasteiger partial charge on any atom is -0.338 e. The van der Waals surface area contributed by atoms with E-state index in [9.17, 15) is 4.79 Å². The van der Waals surface area contributed by atoms with Crippen LogP contribution in [0.3, 0.4) is 0 Å². The van der Waals surface area contributed by atoms with Crippen LogP contribution in [-0.2, 0) is 17.8 Å². The fourth-order valence-corrected chi connectivity index (χ4v) is 3.22. The summed E-state index contributed by atoms with van der Waals surface area (Å²) in [5, 5.41) is 0. The topological polar surface area (TPSA) is 46.3 Å². The van der Waals surface area contributed by atoms with E-state index in [0.717, 1.165) is 32.4 Å². The molecule has 1 aliphatic rings. The predicted molar refractivity (Wildman–Crippen MR) is 86.8 cm³/mol. The van der Waals surface area contributed by atoms with Gasteiger partial charge in [0, 0.05) is 19.5 Å². The van der Waals surface area contributed by atoms with Crippen molar-refractivity contribution in [2.24, 2.45) is 17.6 Å². The highest BCUT2D eigenvalue weighted by Crippen LogP contribution is 2.21. The molecule has 0 bridgehead atoms. The molecule has 0 saturated carbocycles. The molecule has 0 radical (unpaired) electrons. The van der Waals surface area contributed by atoms with Crippen molar-refractivity contribution < 1.29 is 4.79 Å². The molecule has 1 heterocycles. The van der Waals surface area contributed by atoms with Gasteiger partial charge >= 0.3 is 0 Å². The zero-order chi connectivity index (χ0) is 15.2. The molecule has 2 N–H and O–H groups in total. The Morgan fingerprint density at radius 2 is 2.00 bits per heavy atom. The molecule has 0 saturated heterocycles. The van der Waals surface area contributed by atoms with Gasteiger partial charge in [-0.3, -0.25) is 4.79 Å². The highest BCUT2D eigenvalue weighted by Gasteiger charge is 2.21. The van der Waals surface area contributed by atoms with Gasteiger partial charge in [-0.05, 0) is 48.8 Å². The van der Waals surface area contributed by atoms with Crippen molar-refractivity contribution in [3.05, 3.63) is 35.4 Å². The van der Waals surface area contributed by atoms with Gasteiger partial charge in [0.05, 0.1) is 0 Å². The minimum absolute atomic E-state index is 0.266. The van der Waals surface area contributed by atoms with Crippen LogP contribution in [0.15, 0.2) is 24.3 Å². The first kappa shape index (κ1) is 16.0. The number of amides is 1. The Morgan fingerprint density at radius 3 is 2.67 bits per heavy atom. The summed E-state index contributed by atoms with van der Waals surface area (Å²) in [6.45, 7) is 6.61. The van der Waals surface area contributed by atoms with Crippen LogP contribution in [0.25, 0.3) is 0 Å². The number of aryl methyl sites for hydroxylation is 1. The van der Waals surface area contributed by atoms with E-state index in [1.165, 1.54) is 11.1 Å². The van der Waals surface area contributed by atoms with E-state index in [1.807, 2.05) is 4.90 Å². The first-order chi connectivity index (χ1) is 10.1. The Labute approximate surface area is 128 Å². The number of hydrogen-bond acceptors (Lipinski definition) is 2. The Bertz CT molecular complexity index is 470. The third-order valence-electron chi connectivity index (χ3n) is 4.31. The Hall–Kier alpha value is -1.35. The van der Waals surface area contributed by atoms with Crippen molar-refractivity contribution in [2.45, 2.75) is 46.1 Å². The van der Waals surface area contributed by atoms with E-state index in [0.29, 0.717) is 24.8 Å². The van der Waals surface area contributed by atoms with Crippen LogP contribution >= 0.6 is 0 Å². The van der Waals surface area contributed by atoms with E-state index in [-0.39, 0.29) is 5.91 Å². The van der Waals surface area contributed by atoms with Gasteiger partial charge in [0.2, 0.25) is 5.91 Å². The van der Waals surface area contributed by atoms with Gasteiger partial charge in [-0.2, -0.15) is 0 Å². The lowest BCUT2D eigenvalue weighted by Crippen LogP contribution is -2.33. The summed E-state index contributed by atoms with van der Waals surface area (Å²) < 4.78 is 0. The lowest BCUT2D eigenvalue weighted by molar-refractivity contribution is -0.132. The lowest BCUT2D eigenvalue weighted by Gasteiger charge is -2.24.